The Morgan fingerprint density at radius 3 is 2.67 bits per heavy atom. The summed E-state index contributed by atoms with van der Waals surface area (Å²) in [5, 5.41) is 3.41. The summed E-state index contributed by atoms with van der Waals surface area (Å²) in [4.78, 5) is 2.77. The number of ether oxygens (including phenoxy) is 1. The SMILES string of the molecule is CCc1ccc(CNc2cc(Br)ccc2OC)s1. The molecule has 0 radical (unpaired) electrons. The molecule has 96 valence electrons. The molecule has 1 heterocycles. The zero-order valence-corrected chi connectivity index (χ0v) is 12.9. The van der Waals surface area contributed by atoms with Crippen LogP contribution in [0.4, 0.5) is 5.69 Å². The number of rotatable bonds is 5. The Kier molecular flexibility index (Phi) is 4.66. The second-order valence-electron chi connectivity index (χ2n) is 3.92. The van der Waals surface area contributed by atoms with Gasteiger partial charge in [-0.1, -0.05) is 22.9 Å². The summed E-state index contributed by atoms with van der Waals surface area (Å²) < 4.78 is 6.38. The van der Waals surface area contributed by atoms with Gasteiger partial charge in [-0.15, -0.1) is 11.3 Å². The molecule has 0 amide bonds. The van der Waals surface area contributed by atoms with Gasteiger partial charge in [-0.05, 0) is 36.8 Å². The van der Waals surface area contributed by atoms with E-state index in [9.17, 15) is 0 Å². The first-order valence-corrected chi connectivity index (χ1v) is 7.49. The van der Waals surface area contributed by atoms with Crippen LogP contribution in [0.15, 0.2) is 34.8 Å². The number of hydrogen-bond donors (Lipinski definition) is 1. The topological polar surface area (TPSA) is 21.3 Å². The van der Waals surface area contributed by atoms with E-state index in [1.54, 1.807) is 7.11 Å². The molecule has 1 aromatic heterocycles. The van der Waals surface area contributed by atoms with Gasteiger partial charge < -0.3 is 10.1 Å². The van der Waals surface area contributed by atoms with Crippen molar-refractivity contribution in [2.45, 2.75) is 19.9 Å². The van der Waals surface area contributed by atoms with E-state index in [1.165, 1.54) is 9.75 Å². The highest BCUT2D eigenvalue weighted by Crippen LogP contribution is 2.29. The molecule has 0 bridgehead atoms. The second kappa shape index (κ2) is 6.25. The first kappa shape index (κ1) is 13.4. The lowest BCUT2D eigenvalue weighted by molar-refractivity contribution is 0.416. The molecule has 2 nitrogen and oxygen atoms in total. The van der Waals surface area contributed by atoms with Crippen LogP contribution in [0, 0.1) is 0 Å². The minimum absolute atomic E-state index is 0.831. The normalized spacial score (nSPS) is 10.4. The number of methoxy groups -OCH3 is 1. The summed E-state index contributed by atoms with van der Waals surface area (Å²) in [6, 6.07) is 10.3. The smallest absolute Gasteiger partial charge is 0.142 e. The van der Waals surface area contributed by atoms with Gasteiger partial charge in [-0.25, -0.2) is 0 Å². The Hall–Kier alpha value is -1.00. The molecule has 0 atom stereocenters. The molecule has 0 aliphatic carbocycles. The number of halogens is 1. The monoisotopic (exact) mass is 325 g/mol. The van der Waals surface area contributed by atoms with Crippen molar-refractivity contribution in [2.24, 2.45) is 0 Å². The van der Waals surface area contributed by atoms with E-state index < -0.39 is 0 Å². The van der Waals surface area contributed by atoms with Gasteiger partial charge in [-0.2, -0.15) is 0 Å². The summed E-state index contributed by atoms with van der Waals surface area (Å²) >= 11 is 5.33. The first-order chi connectivity index (χ1) is 8.72. The Morgan fingerprint density at radius 2 is 2.00 bits per heavy atom. The van der Waals surface area contributed by atoms with Crippen molar-refractivity contribution < 1.29 is 4.74 Å². The highest BCUT2D eigenvalue weighted by molar-refractivity contribution is 9.10. The van der Waals surface area contributed by atoms with Crippen molar-refractivity contribution in [2.75, 3.05) is 12.4 Å². The molecule has 0 aliphatic rings. The lowest BCUT2D eigenvalue weighted by atomic mass is 10.3. The van der Waals surface area contributed by atoms with Crippen molar-refractivity contribution in [3.05, 3.63) is 44.6 Å². The Morgan fingerprint density at radius 1 is 1.22 bits per heavy atom. The van der Waals surface area contributed by atoms with Crippen LogP contribution in [0.5, 0.6) is 5.75 Å². The van der Waals surface area contributed by atoms with Crippen molar-refractivity contribution in [3.63, 3.8) is 0 Å². The lowest BCUT2D eigenvalue weighted by Crippen LogP contribution is -1.99. The van der Waals surface area contributed by atoms with Gasteiger partial charge >= 0.3 is 0 Å². The van der Waals surface area contributed by atoms with Gasteiger partial charge in [0.1, 0.15) is 5.75 Å². The summed E-state index contributed by atoms with van der Waals surface area (Å²) in [6.45, 7) is 3.01. The number of benzene rings is 1. The van der Waals surface area contributed by atoms with Crippen molar-refractivity contribution >= 4 is 33.0 Å². The molecule has 1 N–H and O–H groups in total. The second-order valence-corrected chi connectivity index (χ2v) is 6.09. The summed E-state index contributed by atoms with van der Waals surface area (Å²) in [5.74, 6) is 0.866. The van der Waals surface area contributed by atoms with E-state index >= 15 is 0 Å². The fourth-order valence-electron chi connectivity index (χ4n) is 1.71. The van der Waals surface area contributed by atoms with Crippen molar-refractivity contribution in [1.29, 1.82) is 0 Å². The van der Waals surface area contributed by atoms with Crippen molar-refractivity contribution in [1.82, 2.24) is 0 Å². The molecule has 0 spiro atoms. The molecule has 2 rings (SSSR count). The highest BCUT2D eigenvalue weighted by Gasteiger charge is 2.04. The molecule has 0 saturated heterocycles. The van der Waals surface area contributed by atoms with E-state index in [1.807, 2.05) is 29.5 Å². The van der Waals surface area contributed by atoms with Crippen LogP contribution in [0.3, 0.4) is 0 Å². The van der Waals surface area contributed by atoms with Gasteiger partial charge in [0.05, 0.1) is 12.8 Å². The molecule has 1 aromatic carbocycles. The van der Waals surface area contributed by atoms with Crippen molar-refractivity contribution in [3.8, 4) is 5.75 Å². The van der Waals surface area contributed by atoms with Crippen LogP contribution in [-0.2, 0) is 13.0 Å². The Balaban J connectivity index is 2.07. The third-order valence-electron chi connectivity index (χ3n) is 2.68. The predicted octanol–water partition coefficient (Wildman–Crippen LogP) is 4.69. The molecule has 4 heteroatoms. The number of aryl methyl sites for hydroxylation is 1. The summed E-state index contributed by atoms with van der Waals surface area (Å²) in [5.41, 5.74) is 1.01. The van der Waals surface area contributed by atoms with E-state index in [2.05, 4.69) is 40.3 Å². The van der Waals surface area contributed by atoms with E-state index in [0.29, 0.717) is 0 Å². The molecule has 0 fully saturated rings. The number of hydrogen-bond acceptors (Lipinski definition) is 3. The van der Waals surface area contributed by atoms with Crippen LogP contribution < -0.4 is 10.1 Å². The van der Waals surface area contributed by atoms with Crippen LogP contribution in [0.2, 0.25) is 0 Å². The van der Waals surface area contributed by atoms with E-state index in [4.69, 9.17) is 4.74 Å². The minimum atomic E-state index is 0.831. The van der Waals surface area contributed by atoms with Crippen LogP contribution in [0.1, 0.15) is 16.7 Å². The number of thiophene rings is 1. The predicted molar refractivity (Wildman–Crippen MR) is 81.7 cm³/mol. The zero-order valence-electron chi connectivity index (χ0n) is 10.5. The molecule has 2 aromatic rings. The molecular formula is C14H16BrNOS. The standard InChI is InChI=1S/C14H16BrNOS/c1-3-11-5-6-12(18-11)9-16-13-8-10(15)4-7-14(13)17-2/h4-8,16H,3,9H2,1-2H3. The molecule has 18 heavy (non-hydrogen) atoms. The first-order valence-electron chi connectivity index (χ1n) is 5.88. The largest absolute Gasteiger partial charge is 0.495 e. The quantitative estimate of drug-likeness (QED) is 0.860. The maximum atomic E-state index is 5.34. The molecule has 0 saturated carbocycles. The minimum Gasteiger partial charge on any atom is -0.495 e. The summed E-state index contributed by atoms with van der Waals surface area (Å²) in [7, 11) is 1.69. The number of nitrogens with one attached hydrogen (secondary N) is 1. The van der Waals surface area contributed by atoms with Crippen LogP contribution in [0.25, 0.3) is 0 Å². The van der Waals surface area contributed by atoms with Gasteiger partial charge in [0.15, 0.2) is 0 Å². The molecular weight excluding hydrogens is 310 g/mol. The zero-order chi connectivity index (χ0) is 13.0. The van der Waals surface area contributed by atoms with Gasteiger partial charge in [0.25, 0.3) is 0 Å². The average molecular weight is 326 g/mol. The summed E-state index contributed by atoms with van der Waals surface area (Å²) in [6.07, 6.45) is 1.10. The molecule has 0 aliphatic heterocycles. The maximum Gasteiger partial charge on any atom is 0.142 e. The van der Waals surface area contributed by atoms with Crippen LogP contribution >= 0.6 is 27.3 Å². The van der Waals surface area contributed by atoms with E-state index in [-0.39, 0.29) is 0 Å². The maximum absolute atomic E-state index is 5.34. The third-order valence-corrected chi connectivity index (χ3v) is 4.40. The van der Waals surface area contributed by atoms with Gasteiger partial charge in [-0.3, -0.25) is 0 Å². The highest BCUT2D eigenvalue weighted by atomic mass is 79.9. The fraction of sp³-hybridized carbons (Fsp3) is 0.286. The average Bonchev–Trinajstić information content (AvgIpc) is 2.84. The van der Waals surface area contributed by atoms with Crippen LogP contribution in [-0.4, -0.2) is 7.11 Å². The Bertz CT molecular complexity index is 524. The Labute approximate surface area is 120 Å². The van der Waals surface area contributed by atoms with Gasteiger partial charge in [0.2, 0.25) is 0 Å². The lowest BCUT2D eigenvalue weighted by Gasteiger charge is -2.10. The number of anilines is 1. The fourth-order valence-corrected chi connectivity index (χ4v) is 2.97. The van der Waals surface area contributed by atoms with E-state index in [0.717, 1.165) is 28.9 Å². The van der Waals surface area contributed by atoms with Gasteiger partial charge in [0, 0.05) is 20.8 Å². The third kappa shape index (κ3) is 3.27. The molecule has 0 unspecified atom stereocenters.